The highest BCUT2D eigenvalue weighted by molar-refractivity contribution is 5.85. The molecule has 0 aromatic rings. The van der Waals surface area contributed by atoms with Crippen molar-refractivity contribution in [2.75, 3.05) is 13.1 Å². The van der Waals surface area contributed by atoms with Crippen molar-refractivity contribution in [3.63, 3.8) is 0 Å². The average molecular weight is 333 g/mol. The van der Waals surface area contributed by atoms with Crippen molar-refractivity contribution in [3.8, 4) is 0 Å². The Morgan fingerprint density at radius 3 is 2.45 bits per heavy atom. The molecule has 1 aliphatic heterocycles. The summed E-state index contributed by atoms with van der Waals surface area (Å²) in [6.45, 7) is 3.10. The second kappa shape index (κ2) is 9.90. The molecule has 0 bridgehead atoms. The number of hydrogen-bond donors (Lipinski definition) is 4. The molecule has 0 aromatic heterocycles. The average Bonchev–Trinajstić information content (AvgIpc) is 2.46. The summed E-state index contributed by atoms with van der Waals surface area (Å²) in [5, 5.41) is 11.9. The lowest BCUT2D eigenvalue weighted by molar-refractivity contribution is -0.121. The lowest BCUT2D eigenvalue weighted by Gasteiger charge is -2.28. The third kappa shape index (κ3) is 6.83. The number of amides is 3. The van der Waals surface area contributed by atoms with Gasteiger partial charge in [-0.2, -0.15) is 0 Å². The van der Waals surface area contributed by atoms with E-state index in [1.54, 1.807) is 0 Å². The molecule has 0 aromatic carbocycles. The smallest absolute Gasteiger partial charge is 0.315 e. The van der Waals surface area contributed by atoms with Crippen LogP contribution in [0.15, 0.2) is 0 Å². The third-order valence-electron chi connectivity index (χ3n) is 4.34. The Labute approximate surface area is 139 Å². The Bertz CT molecular complexity index is 361. The molecule has 4 N–H and O–H groups in total. The van der Waals surface area contributed by atoms with E-state index in [2.05, 4.69) is 28.2 Å². The van der Waals surface area contributed by atoms with Crippen LogP contribution >= 0.6 is 12.4 Å². The van der Waals surface area contributed by atoms with Crippen LogP contribution in [0.4, 0.5) is 4.79 Å². The number of halogens is 1. The number of hydrogen-bond acceptors (Lipinski definition) is 3. The molecule has 128 valence electrons. The summed E-state index contributed by atoms with van der Waals surface area (Å²) in [7, 11) is 0. The molecule has 0 radical (unpaired) electrons. The van der Waals surface area contributed by atoms with Gasteiger partial charge in [0.15, 0.2) is 0 Å². The monoisotopic (exact) mass is 332 g/mol. The van der Waals surface area contributed by atoms with Gasteiger partial charge in [-0.25, -0.2) is 4.79 Å². The van der Waals surface area contributed by atoms with E-state index in [9.17, 15) is 9.59 Å². The minimum atomic E-state index is -0.226. The van der Waals surface area contributed by atoms with E-state index in [4.69, 9.17) is 0 Å². The maximum Gasteiger partial charge on any atom is 0.315 e. The number of nitrogens with one attached hydrogen (secondary N) is 4. The molecule has 7 heteroatoms. The molecule has 3 amide bonds. The van der Waals surface area contributed by atoms with Gasteiger partial charge in [-0.3, -0.25) is 4.79 Å². The molecule has 2 aliphatic rings. The summed E-state index contributed by atoms with van der Waals surface area (Å²) >= 11 is 0. The van der Waals surface area contributed by atoms with Crippen molar-refractivity contribution in [2.24, 2.45) is 0 Å². The zero-order valence-electron chi connectivity index (χ0n) is 13.3. The number of carbonyl (C=O) groups excluding carboxylic acids is 2. The van der Waals surface area contributed by atoms with E-state index in [1.165, 1.54) is 19.3 Å². The Morgan fingerprint density at radius 2 is 1.77 bits per heavy atom. The predicted octanol–water partition coefficient (Wildman–Crippen LogP) is 1.30. The summed E-state index contributed by atoms with van der Waals surface area (Å²) in [5.74, 6) is -0.104. The SMILES string of the molecule is CC1CC(NC(=O)CNC(=O)NC2CCCCC2)CCN1.Cl. The fourth-order valence-corrected chi connectivity index (χ4v) is 3.19. The molecule has 1 heterocycles. The van der Waals surface area contributed by atoms with Crippen LogP contribution in [0.25, 0.3) is 0 Å². The minimum absolute atomic E-state index is 0. The van der Waals surface area contributed by atoms with E-state index in [-0.39, 0.29) is 43.0 Å². The van der Waals surface area contributed by atoms with Gasteiger partial charge in [0.2, 0.25) is 5.91 Å². The van der Waals surface area contributed by atoms with Gasteiger partial charge in [0.1, 0.15) is 0 Å². The first kappa shape index (κ1) is 19.0. The van der Waals surface area contributed by atoms with Crippen LogP contribution in [0.5, 0.6) is 0 Å². The van der Waals surface area contributed by atoms with Crippen LogP contribution in [0, 0.1) is 0 Å². The fraction of sp³-hybridized carbons (Fsp3) is 0.867. The number of carbonyl (C=O) groups is 2. The number of urea groups is 1. The normalized spacial score (nSPS) is 25.7. The van der Waals surface area contributed by atoms with Crippen molar-refractivity contribution in [1.82, 2.24) is 21.3 Å². The Morgan fingerprint density at radius 1 is 1.05 bits per heavy atom. The molecular formula is C15H29ClN4O2. The zero-order valence-corrected chi connectivity index (χ0v) is 14.1. The maximum absolute atomic E-state index is 11.8. The van der Waals surface area contributed by atoms with Crippen molar-refractivity contribution in [2.45, 2.75) is 70.0 Å². The molecule has 2 fully saturated rings. The van der Waals surface area contributed by atoms with E-state index in [0.717, 1.165) is 32.2 Å². The molecule has 1 aliphatic carbocycles. The molecule has 2 atom stereocenters. The summed E-state index contributed by atoms with van der Waals surface area (Å²) in [6, 6.07) is 0.700. The highest BCUT2D eigenvalue weighted by Crippen LogP contribution is 2.17. The van der Waals surface area contributed by atoms with Crippen LogP contribution in [0.1, 0.15) is 51.9 Å². The Kier molecular flexibility index (Phi) is 8.56. The highest BCUT2D eigenvalue weighted by Gasteiger charge is 2.20. The van der Waals surface area contributed by atoms with Gasteiger partial charge in [-0.05, 0) is 39.2 Å². The molecule has 2 unspecified atom stereocenters. The quantitative estimate of drug-likeness (QED) is 0.626. The lowest BCUT2D eigenvalue weighted by Crippen LogP contribution is -2.50. The second-order valence-electron chi connectivity index (χ2n) is 6.31. The standard InChI is InChI=1S/C15H28N4O2.ClH/c1-11-9-13(7-8-16-11)18-14(20)10-17-15(21)19-12-5-3-2-4-6-12;/h11-13,16H,2-10H2,1H3,(H,18,20)(H2,17,19,21);1H. The summed E-state index contributed by atoms with van der Waals surface area (Å²) in [5.41, 5.74) is 0. The van der Waals surface area contributed by atoms with Gasteiger partial charge in [0.05, 0.1) is 6.54 Å². The minimum Gasteiger partial charge on any atom is -0.352 e. The fourth-order valence-electron chi connectivity index (χ4n) is 3.19. The van der Waals surface area contributed by atoms with Crippen LogP contribution in [-0.2, 0) is 4.79 Å². The van der Waals surface area contributed by atoms with E-state index < -0.39 is 0 Å². The molecule has 1 saturated carbocycles. The molecule has 6 nitrogen and oxygen atoms in total. The zero-order chi connectivity index (χ0) is 15.1. The molecule has 1 saturated heterocycles. The van der Waals surface area contributed by atoms with Crippen LogP contribution in [-0.4, -0.2) is 43.2 Å². The predicted molar refractivity (Wildman–Crippen MR) is 89.3 cm³/mol. The summed E-state index contributed by atoms with van der Waals surface area (Å²) in [4.78, 5) is 23.6. The van der Waals surface area contributed by atoms with Gasteiger partial charge in [-0.1, -0.05) is 19.3 Å². The lowest BCUT2D eigenvalue weighted by atomic mass is 9.96. The van der Waals surface area contributed by atoms with Gasteiger partial charge in [0, 0.05) is 18.1 Å². The second-order valence-corrected chi connectivity index (χ2v) is 6.31. The topological polar surface area (TPSA) is 82.3 Å². The number of piperidine rings is 1. The molecular weight excluding hydrogens is 304 g/mol. The number of rotatable bonds is 4. The van der Waals surface area contributed by atoms with E-state index in [0.29, 0.717) is 6.04 Å². The first-order valence-corrected chi connectivity index (χ1v) is 8.20. The van der Waals surface area contributed by atoms with Crippen LogP contribution in [0.3, 0.4) is 0 Å². The van der Waals surface area contributed by atoms with E-state index in [1.807, 2.05) is 0 Å². The first-order valence-electron chi connectivity index (χ1n) is 8.20. The Hall–Kier alpha value is -1.01. The maximum atomic E-state index is 11.8. The van der Waals surface area contributed by atoms with Gasteiger partial charge >= 0.3 is 6.03 Å². The highest BCUT2D eigenvalue weighted by atomic mass is 35.5. The van der Waals surface area contributed by atoms with Crippen LogP contribution < -0.4 is 21.3 Å². The van der Waals surface area contributed by atoms with Gasteiger partial charge < -0.3 is 21.3 Å². The third-order valence-corrected chi connectivity index (χ3v) is 4.34. The van der Waals surface area contributed by atoms with Crippen molar-refractivity contribution in [3.05, 3.63) is 0 Å². The van der Waals surface area contributed by atoms with Crippen molar-refractivity contribution in [1.29, 1.82) is 0 Å². The van der Waals surface area contributed by atoms with Gasteiger partial charge in [-0.15, -0.1) is 12.4 Å². The molecule has 0 spiro atoms. The largest absolute Gasteiger partial charge is 0.352 e. The van der Waals surface area contributed by atoms with Gasteiger partial charge in [0.25, 0.3) is 0 Å². The Balaban J connectivity index is 0.00000242. The summed E-state index contributed by atoms with van der Waals surface area (Å²) in [6.07, 6.45) is 7.61. The van der Waals surface area contributed by atoms with Crippen molar-refractivity contribution >= 4 is 24.3 Å². The first-order chi connectivity index (χ1) is 10.1. The van der Waals surface area contributed by atoms with E-state index >= 15 is 0 Å². The molecule has 22 heavy (non-hydrogen) atoms. The molecule has 2 rings (SSSR count). The van der Waals surface area contributed by atoms with Crippen LogP contribution in [0.2, 0.25) is 0 Å². The van der Waals surface area contributed by atoms with Crippen molar-refractivity contribution < 1.29 is 9.59 Å². The summed E-state index contributed by atoms with van der Waals surface area (Å²) < 4.78 is 0.